The van der Waals surface area contributed by atoms with Gasteiger partial charge in [0.15, 0.2) is 5.03 Å². The molecule has 1 aromatic heterocycles. The standard InChI is InChI=1S/C13H12ClN3O2S/c1-8-4-5-12(9(2)6-8)17-13(20(14,18)19)11(7-15)10(3)16-17/h4-6H,1-3H3. The first-order valence-corrected chi connectivity index (χ1v) is 8.08. The maximum Gasteiger partial charge on any atom is 0.280 e. The number of nitriles is 1. The van der Waals surface area contributed by atoms with Gasteiger partial charge in [-0.3, -0.25) is 0 Å². The molecule has 0 N–H and O–H groups in total. The van der Waals surface area contributed by atoms with Gasteiger partial charge in [-0.2, -0.15) is 10.4 Å². The van der Waals surface area contributed by atoms with Gasteiger partial charge in [-0.1, -0.05) is 17.7 Å². The van der Waals surface area contributed by atoms with E-state index in [1.165, 1.54) is 4.68 Å². The van der Waals surface area contributed by atoms with E-state index in [1.54, 1.807) is 13.0 Å². The van der Waals surface area contributed by atoms with Gasteiger partial charge < -0.3 is 0 Å². The van der Waals surface area contributed by atoms with Crippen LogP contribution in [0.5, 0.6) is 0 Å². The van der Waals surface area contributed by atoms with E-state index in [0.717, 1.165) is 11.1 Å². The van der Waals surface area contributed by atoms with Gasteiger partial charge in [0.25, 0.3) is 9.05 Å². The average molecular weight is 310 g/mol. The Morgan fingerprint density at radius 2 is 1.95 bits per heavy atom. The van der Waals surface area contributed by atoms with E-state index in [0.29, 0.717) is 11.4 Å². The minimum absolute atomic E-state index is 0.0278. The van der Waals surface area contributed by atoms with Crippen LogP contribution in [0.1, 0.15) is 22.4 Å². The van der Waals surface area contributed by atoms with Gasteiger partial charge in [0, 0.05) is 10.7 Å². The van der Waals surface area contributed by atoms with Crippen molar-refractivity contribution in [2.75, 3.05) is 0 Å². The lowest BCUT2D eigenvalue weighted by Crippen LogP contribution is -2.07. The largest absolute Gasteiger partial charge is 0.280 e. The van der Waals surface area contributed by atoms with E-state index in [4.69, 9.17) is 15.9 Å². The molecule has 2 aromatic rings. The Morgan fingerprint density at radius 3 is 2.45 bits per heavy atom. The van der Waals surface area contributed by atoms with Crippen LogP contribution in [-0.2, 0) is 9.05 Å². The average Bonchev–Trinajstić information content (AvgIpc) is 2.65. The normalized spacial score (nSPS) is 11.3. The molecule has 0 aliphatic rings. The molecule has 0 amide bonds. The van der Waals surface area contributed by atoms with Crippen molar-refractivity contribution in [3.63, 3.8) is 0 Å². The Kier molecular flexibility index (Phi) is 3.59. The summed E-state index contributed by atoms with van der Waals surface area (Å²) < 4.78 is 24.7. The van der Waals surface area contributed by atoms with E-state index in [9.17, 15) is 8.42 Å². The maximum atomic E-state index is 11.8. The van der Waals surface area contributed by atoms with E-state index in [-0.39, 0.29) is 10.6 Å². The quantitative estimate of drug-likeness (QED) is 0.799. The molecule has 104 valence electrons. The van der Waals surface area contributed by atoms with Gasteiger partial charge in [0.05, 0.1) is 11.4 Å². The van der Waals surface area contributed by atoms with Crippen LogP contribution < -0.4 is 0 Å². The molecule has 0 fully saturated rings. The van der Waals surface area contributed by atoms with Crippen LogP contribution in [0.3, 0.4) is 0 Å². The van der Waals surface area contributed by atoms with Crippen molar-refractivity contribution in [3.05, 3.63) is 40.6 Å². The van der Waals surface area contributed by atoms with E-state index in [2.05, 4.69) is 5.10 Å². The summed E-state index contributed by atoms with van der Waals surface area (Å²) in [6, 6.07) is 7.35. The van der Waals surface area contributed by atoms with Crippen LogP contribution in [-0.4, -0.2) is 18.2 Å². The number of aromatic nitrogens is 2. The van der Waals surface area contributed by atoms with Crippen LogP contribution in [0.2, 0.25) is 0 Å². The Bertz CT molecular complexity index is 832. The molecule has 0 aliphatic carbocycles. The summed E-state index contributed by atoms with van der Waals surface area (Å²) in [5.41, 5.74) is 2.77. The maximum absolute atomic E-state index is 11.8. The summed E-state index contributed by atoms with van der Waals surface area (Å²) in [6.45, 7) is 5.35. The Morgan fingerprint density at radius 1 is 1.30 bits per heavy atom. The van der Waals surface area contributed by atoms with Gasteiger partial charge in [0.2, 0.25) is 0 Å². The number of benzene rings is 1. The zero-order valence-corrected chi connectivity index (χ0v) is 12.7. The van der Waals surface area contributed by atoms with Gasteiger partial charge in [0.1, 0.15) is 11.6 Å². The molecule has 0 spiro atoms. The highest BCUT2D eigenvalue weighted by Crippen LogP contribution is 2.27. The van der Waals surface area contributed by atoms with Crippen molar-refractivity contribution in [2.45, 2.75) is 25.8 Å². The van der Waals surface area contributed by atoms with Crippen LogP contribution in [0.4, 0.5) is 0 Å². The number of aryl methyl sites for hydroxylation is 3. The second-order valence-corrected chi connectivity index (χ2v) is 7.00. The monoisotopic (exact) mass is 309 g/mol. The number of halogens is 1. The minimum atomic E-state index is -4.08. The first-order chi connectivity index (χ1) is 9.25. The smallest absolute Gasteiger partial charge is 0.219 e. The summed E-state index contributed by atoms with van der Waals surface area (Å²) in [5, 5.41) is 13.0. The number of hydrogen-bond donors (Lipinski definition) is 0. The van der Waals surface area contributed by atoms with Crippen LogP contribution in [0.15, 0.2) is 23.2 Å². The molecular formula is C13H12ClN3O2S. The second-order valence-electron chi connectivity index (χ2n) is 4.52. The van der Waals surface area contributed by atoms with Gasteiger partial charge in [-0.15, -0.1) is 0 Å². The Labute approximate surface area is 121 Å². The highest BCUT2D eigenvalue weighted by molar-refractivity contribution is 8.13. The first-order valence-electron chi connectivity index (χ1n) is 5.77. The number of rotatable bonds is 2. The van der Waals surface area contributed by atoms with Crippen molar-refractivity contribution in [3.8, 4) is 11.8 Å². The minimum Gasteiger partial charge on any atom is -0.219 e. The van der Waals surface area contributed by atoms with E-state index < -0.39 is 9.05 Å². The van der Waals surface area contributed by atoms with Gasteiger partial charge in [-0.05, 0) is 32.4 Å². The lowest BCUT2D eigenvalue weighted by Gasteiger charge is -2.09. The predicted octanol–water partition coefficient (Wildman–Crippen LogP) is 2.60. The number of hydrogen-bond acceptors (Lipinski definition) is 4. The van der Waals surface area contributed by atoms with E-state index >= 15 is 0 Å². The zero-order valence-electron chi connectivity index (χ0n) is 11.2. The lowest BCUT2D eigenvalue weighted by molar-refractivity contribution is 0.599. The third kappa shape index (κ3) is 2.42. The summed E-state index contributed by atoms with van der Waals surface area (Å²) in [5.74, 6) is 0. The Balaban J connectivity index is 2.86. The molecule has 2 rings (SSSR count). The first kappa shape index (κ1) is 14.6. The summed E-state index contributed by atoms with van der Waals surface area (Å²) >= 11 is 0. The molecule has 0 unspecified atom stereocenters. The van der Waals surface area contributed by atoms with Gasteiger partial charge >= 0.3 is 0 Å². The van der Waals surface area contributed by atoms with Crippen molar-refractivity contribution >= 4 is 19.7 Å². The van der Waals surface area contributed by atoms with Crippen molar-refractivity contribution in [1.82, 2.24) is 9.78 Å². The molecule has 0 atom stereocenters. The van der Waals surface area contributed by atoms with Gasteiger partial charge in [-0.25, -0.2) is 13.1 Å². The highest BCUT2D eigenvalue weighted by Gasteiger charge is 2.26. The van der Waals surface area contributed by atoms with Crippen molar-refractivity contribution < 1.29 is 8.42 Å². The summed E-state index contributed by atoms with van der Waals surface area (Å²) in [6.07, 6.45) is 0. The fraction of sp³-hybridized carbons (Fsp3) is 0.231. The van der Waals surface area contributed by atoms with Crippen molar-refractivity contribution in [1.29, 1.82) is 5.26 Å². The molecule has 0 radical (unpaired) electrons. The summed E-state index contributed by atoms with van der Waals surface area (Å²) in [7, 11) is 1.37. The molecule has 0 bridgehead atoms. The topological polar surface area (TPSA) is 75.8 Å². The second kappa shape index (κ2) is 4.93. The molecule has 1 heterocycles. The highest BCUT2D eigenvalue weighted by atomic mass is 35.7. The predicted molar refractivity (Wildman–Crippen MR) is 75.5 cm³/mol. The van der Waals surface area contributed by atoms with Crippen molar-refractivity contribution in [2.24, 2.45) is 0 Å². The van der Waals surface area contributed by atoms with E-state index in [1.807, 2.05) is 32.0 Å². The molecule has 20 heavy (non-hydrogen) atoms. The molecule has 0 saturated carbocycles. The number of nitrogens with zero attached hydrogens (tertiary/aromatic N) is 3. The molecule has 5 nitrogen and oxygen atoms in total. The third-order valence-electron chi connectivity index (χ3n) is 2.94. The van der Waals surface area contributed by atoms with Crippen LogP contribution in [0.25, 0.3) is 5.69 Å². The van der Waals surface area contributed by atoms with Crippen LogP contribution >= 0.6 is 10.7 Å². The Hall–Kier alpha value is -1.84. The fourth-order valence-electron chi connectivity index (χ4n) is 2.07. The molecule has 0 aliphatic heterocycles. The molecule has 0 saturated heterocycles. The fourth-order valence-corrected chi connectivity index (χ4v) is 3.28. The van der Waals surface area contributed by atoms with Crippen LogP contribution in [0, 0.1) is 32.1 Å². The SMILES string of the molecule is Cc1ccc(-n2nc(C)c(C#N)c2S(=O)(=O)Cl)c(C)c1. The zero-order chi connectivity index (χ0) is 15.1. The summed E-state index contributed by atoms with van der Waals surface area (Å²) in [4.78, 5) is 0. The molecular weight excluding hydrogens is 298 g/mol. The third-order valence-corrected chi connectivity index (χ3v) is 4.22. The lowest BCUT2D eigenvalue weighted by atomic mass is 10.1. The molecule has 1 aromatic carbocycles. The molecule has 7 heteroatoms.